The van der Waals surface area contributed by atoms with Gasteiger partial charge in [-0.05, 0) is 25.0 Å². The van der Waals surface area contributed by atoms with E-state index in [9.17, 15) is 13.9 Å². The lowest BCUT2D eigenvalue weighted by Crippen LogP contribution is -2.25. The fraction of sp³-hybridized carbons (Fsp3) is 0.462. The second-order valence-electron chi connectivity index (χ2n) is 4.65. The van der Waals surface area contributed by atoms with Gasteiger partial charge in [-0.3, -0.25) is 4.98 Å². The van der Waals surface area contributed by atoms with E-state index in [1.807, 2.05) is 0 Å². The highest BCUT2D eigenvalue weighted by Crippen LogP contribution is 2.20. The molecule has 0 aliphatic carbocycles. The van der Waals surface area contributed by atoms with Crippen molar-refractivity contribution in [1.29, 1.82) is 0 Å². The number of aromatic nitrogens is 3. The van der Waals surface area contributed by atoms with Crippen molar-refractivity contribution in [2.75, 3.05) is 17.7 Å². The maximum Gasteiger partial charge on any atom is 0.238 e. The number of fused-ring (bicyclic) bond motifs is 1. The van der Waals surface area contributed by atoms with Gasteiger partial charge >= 0.3 is 0 Å². The van der Waals surface area contributed by atoms with Crippen LogP contribution in [0.25, 0.3) is 11.0 Å². The number of alkyl halides is 2. The molecule has 0 amide bonds. The third-order valence-corrected chi connectivity index (χ3v) is 3.01. The van der Waals surface area contributed by atoms with Gasteiger partial charge in [-0.1, -0.05) is 0 Å². The van der Waals surface area contributed by atoms with Crippen LogP contribution in [-0.4, -0.2) is 39.1 Å². The number of aliphatic hydroxyl groups excluding tert-OH is 1. The molecule has 0 saturated carbocycles. The summed E-state index contributed by atoms with van der Waals surface area (Å²) in [4.78, 5) is 12.3. The van der Waals surface area contributed by atoms with Crippen LogP contribution in [0, 0.1) is 0 Å². The molecule has 21 heavy (non-hydrogen) atoms. The van der Waals surface area contributed by atoms with Crippen LogP contribution >= 0.6 is 0 Å². The smallest absolute Gasteiger partial charge is 0.238 e. The fourth-order valence-corrected chi connectivity index (χ4v) is 2.01. The number of nitrogens with two attached hydrogens (primary N) is 1. The van der Waals surface area contributed by atoms with Gasteiger partial charge in [-0.15, -0.1) is 0 Å². The Bertz CT molecular complexity index is 596. The molecule has 0 aliphatic heterocycles. The highest BCUT2D eigenvalue weighted by Gasteiger charge is 2.13. The van der Waals surface area contributed by atoms with Crippen molar-refractivity contribution in [3.63, 3.8) is 0 Å². The molecule has 6 nitrogen and oxygen atoms in total. The van der Waals surface area contributed by atoms with Crippen LogP contribution in [0.15, 0.2) is 18.3 Å². The molecule has 2 aromatic rings. The molecule has 0 radical (unpaired) electrons. The zero-order chi connectivity index (χ0) is 15.2. The van der Waals surface area contributed by atoms with Gasteiger partial charge in [0.1, 0.15) is 5.52 Å². The number of pyridine rings is 1. The van der Waals surface area contributed by atoms with E-state index in [1.165, 1.54) is 0 Å². The zero-order valence-corrected chi connectivity index (χ0v) is 11.3. The van der Waals surface area contributed by atoms with Crippen molar-refractivity contribution in [2.24, 2.45) is 0 Å². The second-order valence-corrected chi connectivity index (χ2v) is 4.65. The van der Waals surface area contributed by atoms with Crippen LogP contribution in [0.5, 0.6) is 0 Å². The third-order valence-electron chi connectivity index (χ3n) is 3.01. The second kappa shape index (κ2) is 7.07. The van der Waals surface area contributed by atoms with Crippen LogP contribution in [0.2, 0.25) is 0 Å². The zero-order valence-electron chi connectivity index (χ0n) is 11.3. The number of aliphatic hydroxyl groups is 1. The van der Waals surface area contributed by atoms with Crippen LogP contribution in [-0.2, 0) is 0 Å². The van der Waals surface area contributed by atoms with E-state index in [2.05, 4.69) is 20.3 Å². The summed E-state index contributed by atoms with van der Waals surface area (Å²) < 4.78 is 24.3. The average molecular weight is 297 g/mol. The van der Waals surface area contributed by atoms with E-state index in [1.54, 1.807) is 18.3 Å². The molecule has 2 rings (SSSR count). The first kappa shape index (κ1) is 15.3. The van der Waals surface area contributed by atoms with Crippen molar-refractivity contribution < 1.29 is 13.9 Å². The molecule has 0 unspecified atom stereocenters. The maximum atomic E-state index is 12.1. The molecule has 4 N–H and O–H groups in total. The van der Waals surface area contributed by atoms with Crippen molar-refractivity contribution in [1.82, 2.24) is 15.0 Å². The minimum absolute atomic E-state index is 0.0854. The molecule has 0 spiro atoms. The first-order chi connectivity index (χ1) is 10.1. The van der Waals surface area contributed by atoms with Gasteiger partial charge in [-0.25, -0.2) is 13.8 Å². The van der Waals surface area contributed by atoms with Crippen molar-refractivity contribution >= 4 is 22.8 Å². The number of nitrogens with one attached hydrogen (secondary N) is 1. The standard InChI is InChI=1S/C13H17F2N5O/c14-10(15)5-1-3-8(7-21)18-12-11-9(4-2-6-17-11)19-13(16)20-12/h2,4,6,8,10,21H,1,3,5,7H2,(H3,16,18,19,20)/t8-/m1/s1. The van der Waals surface area contributed by atoms with E-state index in [-0.39, 0.29) is 25.0 Å². The summed E-state index contributed by atoms with van der Waals surface area (Å²) in [5.74, 6) is 0.483. The lowest BCUT2D eigenvalue weighted by atomic mass is 10.1. The fourth-order valence-electron chi connectivity index (χ4n) is 2.01. The minimum Gasteiger partial charge on any atom is -0.394 e. The number of nitrogens with zero attached hydrogens (tertiary/aromatic N) is 3. The topological polar surface area (TPSA) is 97.0 Å². The molecule has 0 saturated heterocycles. The largest absolute Gasteiger partial charge is 0.394 e. The van der Waals surface area contributed by atoms with Gasteiger partial charge < -0.3 is 16.2 Å². The van der Waals surface area contributed by atoms with Crippen LogP contribution in [0.1, 0.15) is 19.3 Å². The van der Waals surface area contributed by atoms with Gasteiger partial charge in [0.15, 0.2) is 5.82 Å². The lowest BCUT2D eigenvalue weighted by Gasteiger charge is -2.17. The number of hydrogen-bond donors (Lipinski definition) is 3. The highest BCUT2D eigenvalue weighted by atomic mass is 19.3. The number of rotatable bonds is 7. The summed E-state index contributed by atoms with van der Waals surface area (Å²) in [6, 6.07) is 3.09. The highest BCUT2D eigenvalue weighted by molar-refractivity contribution is 5.85. The van der Waals surface area contributed by atoms with Gasteiger partial charge in [0.2, 0.25) is 12.4 Å². The SMILES string of the molecule is Nc1nc(N[C@@H](CO)CCCC(F)F)c2ncccc2n1. The van der Waals surface area contributed by atoms with Crippen LogP contribution < -0.4 is 11.1 Å². The quantitative estimate of drug-likeness (QED) is 0.721. The molecular formula is C13H17F2N5O. The van der Waals surface area contributed by atoms with Gasteiger partial charge in [0, 0.05) is 12.6 Å². The molecule has 2 aromatic heterocycles. The van der Waals surface area contributed by atoms with Gasteiger partial charge in [0.25, 0.3) is 0 Å². The first-order valence-electron chi connectivity index (χ1n) is 6.64. The summed E-state index contributed by atoms with van der Waals surface area (Å²) in [5, 5.41) is 12.3. The van der Waals surface area contributed by atoms with Gasteiger partial charge in [-0.2, -0.15) is 4.98 Å². The Morgan fingerprint density at radius 2 is 2.10 bits per heavy atom. The Hall–Kier alpha value is -2.09. The molecule has 114 valence electrons. The third kappa shape index (κ3) is 4.19. The maximum absolute atomic E-state index is 12.1. The normalized spacial score (nSPS) is 12.8. The molecule has 2 heterocycles. The Labute approximate surface area is 120 Å². The summed E-state index contributed by atoms with van der Waals surface area (Å²) in [6.07, 6.45) is -0.219. The summed E-state index contributed by atoms with van der Waals surface area (Å²) in [6.45, 7) is -0.193. The van der Waals surface area contributed by atoms with Crippen LogP contribution in [0.3, 0.4) is 0 Å². The van der Waals surface area contributed by atoms with Crippen LogP contribution in [0.4, 0.5) is 20.5 Å². The van der Waals surface area contributed by atoms with Crippen molar-refractivity contribution in [3.8, 4) is 0 Å². The minimum atomic E-state index is -2.33. The predicted molar refractivity (Wildman–Crippen MR) is 76.1 cm³/mol. The van der Waals surface area contributed by atoms with E-state index in [0.29, 0.717) is 29.7 Å². The Kier molecular flexibility index (Phi) is 5.15. The Morgan fingerprint density at radius 3 is 2.81 bits per heavy atom. The molecule has 1 atom stereocenters. The van der Waals surface area contributed by atoms with E-state index in [0.717, 1.165) is 0 Å². The lowest BCUT2D eigenvalue weighted by molar-refractivity contribution is 0.132. The number of nitrogen functional groups attached to an aromatic ring is 1. The number of halogens is 2. The molecule has 8 heteroatoms. The van der Waals surface area contributed by atoms with E-state index < -0.39 is 6.43 Å². The molecule has 0 aliphatic rings. The summed E-state index contributed by atoms with van der Waals surface area (Å²) in [5.41, 5.74) is 6.74. The molecule has 0 bridgehead atoms. The first-order valence-corrected chi connectivity index (χ1v) is 6.64. The molecule has 0 fully saturated rings. The summed E-state index contributed by atoms with van der Waals surface area (Å²) >= 11 is 0. The molecule has 0 aromatic carbocycles. The number of anilines is 2. The molecular weight excluding hydrogens is 280 g/mol. The predicted octanol–water partition coefficient (Wildman–Crippen LogP) is 1.82. The summed E-state index contributed by atoms with van der Waals surface area (Å²) in [7, 11) is 0. The van der Waals surface area contributed by atoms with E-state index in [4.69, 9.17) is 5.73 Å². The van der Waals surface area contributed by atoms with Gasteiger partial charge in [0.05, 0.1) is 18.2 Å². The van der Waals surface area contributed by atoms with E-state index >= 15 is 0 Å². The number of hydrogen-bond acceptors (Lipinski definition) is 6. The Morgan fingerprint density at radius 1 is 1.29 bits per heavy atom. The average Bonchev–Trinajstić information content (AvgIpc) is 2.45. The van der Waals surface area contributed by atoms with Crippen molar-refractivity contribution in [2.45, 2.75) is 31.7 Å². The monoisotopic (exact) mass is 297 g/mol. The van der Waals surface area contributed by atoms with Crippen molar-refractivity contribution in [3.05, 3.63) is 18.3 Å². The Balaban J connectivity index is 2.13.